The zero-order chi connectivity index (χ0) is 39.7. The van der Waals surface area contributed by atoms with E-state index in [0.29, 0.717) is 80.3 Å². The highest BCUT2D eigenvalue weighted by Gasteiger charge is 2.31. The van der Waals surface area contributed by atoms with Crippen molar-refractivity contribution in [2.24, 2.45) is 0 Å². The van der Waals surface area contributed by atoms with E-state index < -0.39 is 17.7 Å². The van der Waals surface area contributed by atoms with Gasteiger partial charge in [-0.3, -0.25) is 24.5 Å². The first-order valence-corrected chi connectivity index (χ1v) is 20.4. The van der Waals surface area contributed by atoms with Gasteiger partial charge in [0.2, 0.25) is 11.8 Å². The molecule has 12 nitrogen and oxygen atoms in total. The number of imide groups is 1. The molecule has 3 aliphatic rings. The van der Waals surface area contributed by atoms with Crippen LogP contribution in [0.1, 0.15) is 116 Å². The number of halogens is 2. The topological polar surface area (TPSA) is 138 Å². The molecule has 1 unspecified atom stereocenters. The number of unbranched alkanes of at least 4 members (excludes halogenated alkanes) is 4. The maximum atomic E-state index is 14.6. The van der Waals surface area contributed by atoms with Gasteiger partial charge in [-0.05, 0) is 92.7 Å². The van der Waals surface area contributed by atoms with E-state index in [1.807, 2.05) is 9.80 Å². The molecule has 0 spiro atoms. The minimum absolute atomic E-state index is 0.221. The van der Waals surface area contributed by atoms with Crippen LogP contribution in [0.15, 0.2) is 60.9 Å². The second-order valence-corrected chi connectivity index (χ2v) is 15.4. The van der Waals surface area contributed by atoms with Crippen molar-refractivity contribution in [2.75, 3.05) is 37.7 Å². The minimum atomic E-state index is -0.560. The van der Waals surface area contributed by atoms with Gasteiger partial charge in [-0.25, -0.2) is 18.3 Å². The van der Waals surface area contributed by atoms with Crippen LogP contribution in [0.4, 0.5) is 14.6 Å². The van der Waals surface area contributed by atoms with E-state index in [9.17, 15) is 28.0 Å². The third kappa shape index (κ3) is 10.0. The number of nitrogens with zero attached hydrogens (tertiary/aromatic N) is 5. The quantitative estimate of drug-likeness (QED) is 0.101. The predicted octanol–water partition coefficient (Wildman–Crippen LogP) is 6.19. The highest BCUT2D eigenvalue weighted by atomic mass is 19.1. The zero-order valence-corrected chi connectivity index (χ0v) is 32.3. The van der Waals surface area contributed by atoms with E-state index in [0.717, 1.165) is 82.2 Å². The van der Waals surface area contributed by atoms with Gasteiger partial charge in [-0.2, -0.15) is 5.10 Å². The Morgan fingerprint density at radius 3 is 2.51 bits per heavy atom. The Morgan fingerprint density at radius 2 is 1.70 bits per heavy atom. The molecule has 3 fully saturated rings. The Bertz CT molecular complexity index is 2050. The smallest absolute Gasteiger partial charge is 0.256 e. The lowest BCUT2D eigenvalue weighted by atomic mass is 9.88. The maximum Gasteiger partial charge on any atom is 0.256 e. The predicted molar refractivity (Wildman–Crippen MR) is 210 cm³/mol. The molecular formula is C43H51F2N7O5. The molecule has 14 heteroatoms. The molecule has 2 atom stereocenters. The summed E-state index contributed by atoms with van der Waals surface area (Å²) < 4.78 is 35.9. The molecule has 0 bridgehead atoms. The number of carbonyl (C=O) groups is 4. The highest BCUT2D eigenvalue weighted by Crippen LogP contribution is 2.37. The molecule has 2 aromatic carbocycles. The number of likely N-dealkylation sites (tertiary alicyclic amines) is 1. The van der Waals surface area contributed by atoms with Crippen LogP contribution in [-0.2, 0) is 25.5 Å². The lowest BCUT2D eigenvalue weighted by molar-refractivity contribution is -0.143. The molecule has 57 heavy (non-hydrogen) atoms. The van der Waals surface area contributed by atoms with Crippen molar-refractivity contribution in [2.45, 2.75) is 102 Å². The van der Waals surface area contributed by atoms with Crippen molar-refractivity contribution in [3.05, 3.63) is 94.8 Å². The van der Waals surface area contributed by atoms with E-state index >= 15 is 0 Å². The van der Waals surface area contributed by atoms with Gasteiger partial charge in [-0.15, -0.1) is 0 Å². The Morgan fingerprint density at radius 1 is 0.912 bits per heavy atom. The van der Waals surface area contributed by atoms with Gasteiger partial charge in [0, 0.05) is 50.8 Å². The van der Waals surface area contributed by atoms with Crippen LogP contribution >= 0.6 is 0 Å². The first-order chi connectivity index (χ1) is 27.7. The number of piperidine rings is 2. The molecule has 0 saturated carbocycles. The van der Waals surface area contributed by atoms with Crippen molar-refractivity contribution < 1.29 is 32.7 Å². The molecule has 0 radical (unpaired) electrons. The summed E-state index contributed by atoms with van der Waals surface area (Å²) in [6.45, 7) is 3.10. The van der Waals surface area contributed by atoms with Gasteiger partial charge >= 0.3 is 0 Å². The molecule has 0 aliphatic carbocycles. The fourth-order valence-corrected chi connectivity index (χ4v) is 8.27. The fourth-order valence-electron chi connectivity index (χ4n) is 8.27. The molecule has 3 aliphatic heterocycles. The van der Waals surface area contributed by atoms with Crippen LogP contribution in [0, 0.1) is 11.6 Å². The number of amides is 4. The summed E-state index contributed by atoms with van der Waals surface area (Å²) in [5.74, 6) is -0.552. The summed E-state index contributed by atoms with van der Waals surface area (Å²) in [4.78, 5) is 57.9. The standard InChI is InChI=1S/C43H51F2N7O5/c44-32-13-14-35(45)33(27-32)36-7-6-22-51(36)38-19-25-52-41(48-38)34(28-47-52)42(55)46-21-5-3-1-2-4-8-40(54)50-23-17-31(18-24-50)30-11-9-29(10-12-30)20-26-57-37-15-16-39(53)49-43(37)56/h9-14,19,25,27-28,31,36-37H,1-8,15-18,20-24,26H2,(H,46,55)(H,49,53,56)/t36-,37?/m1/s1. The van der Waals surface area contributed by atoms with E-state index in [-0.39, 0.29) is 29.7 Å². The van der Waals surface area contributed by atoms with Crippen molar-refractivity contribution in [1.82, 2.24) is 30.1 Å². The molecule has 7 rings (SSSR count). The number of benzene rings is 2. The van der Waals surface area contributed by atoms with Crippen molar-refractivity contribution in [3.63, 3.8) is 0 Å². The first-order valence-electron chi connectivity index (χ1n) is 20.4. The fraction of sp³-hybridized carbons (Fsp3) is 0.488. The number of anilines is 1. The molecule has 2 aromatic heterocycles. The highest BCUT2D eigenvalue weighted by molar-refractivity contribution is 6.00. The van der Waals surface area contributed by atoms with Gasteiger partial charge < -0.3 is 19.9 Å². The average Bonchev–Trinajstić information content (AvgIpc) is 3.89. The van der Waals surface area contributed by atoms with Gasteiger partial charge in [-0.1, -0.05) is 43.5 Å². The van der Waals surface area contributed by atoms with Crippen LogP contribution in [0.5, 0.6) is 0 Å². The summed E-state index contributed by atoms with van der Waals surface area (Å²) in [5.41, 5.74) is 3.49. The van der Waals surface area contributed by atoms with Crippen LogP contribution in [0.2, 0.25) is 0 Å². The Kier molecular flexibility index (Phi) is 13.2. The maximum absolute atomic E-state index is 14.6. The molecule has 4 amide bonds. The van der Waals surface area contributed by atoms with Crippen LogP contribution in [-0.4, -0.2) is 82.0 Å². The number of aromatic nitrogens is 3. The third-order valence-corrected chi connectivity index (χ3v) is 11.5. The van der Waals surface area contributed by atoms with Gasteiger partial charge in [0.25, 0.3) is 11.8 Å². The van der Waals surface area contributed by atoms with Gasteiger partial charge in [0.15, 0.2) is 5.65 Å². The summed E-state index contributed by atoms with van der Waals surface area (Å²) in [5, 5.41) is 9.60. The summed E-state index contributed by atoms with van der Waals surface area (Å²) in [6.07, 6.45) is 12.6. The summed E-state index contributed by atoms with van der Waals surface area (Å²) >= 11 is 0. The van der Waals surface area contributed by atoms with Crippen LogP contribution in [0.3, 0.4) is 0 Å². The van der Waals surface area contributed by atoms with Crippen molar-refractivity contribution in [1.29, 1.82) is 0 Å². The molecule has 3 saturated heterocycles. The number of fused-ring (bicyclic) bond motifs is 1. The molecular weight excluding hydrogens is 733 g/mol. The Labute approximate surface area is 331 Å². The summed E-state index contributed by atoms with van der Waals surface area (Å²) in [7, 11) is 0. The van der Waals surface area contributed by atoms with Crippen LogP contribution < -0.4 is 15.5 Å². The third-order valence-electron chi connectivity index (χ3n) is 11.5. The Hall–Kier alpha value is -5.24. The first kappa shape index (κ1) is 40.0. The number of hydrogen-bond donors (Lipinski definition) is 2. The molecule has 2 N–H and O–H groups in total. The number of ether oxygens (including phenoxy) is 1. The van der Waals surface area contributed by atoms with E-state index in [1.54, 1.807) is 16.8 Å². The zero-order valence-electron chi connectivity index (χ0n) is 32.3. The van der Waals surface area contributed by atoms with Gasteiger partial charge in [0.05, 0.1) is 18.8 Å². The second-order valence-electron chi connectivity index (χ2n) is 15.4. The van der Waals surface area contributed by atoms with Gasteiger partial charge in [0.1, 0.15) is 29.1 Å². The van der Waals surface area contributed by atoms with Crippen LogP contribution in [0.25, 0.3) is 5.65 Å². The van der Waals surface area contributed by atoms with Crippen molar-refractivity contribution in [3.8, 4) is 0 Å². The lowest BCUT2D eigenvalue weighted by Crippen LogP contribution is -2.45. The summed E-state index contributed by atoms with van der Waals surface area (Å²) in [6, 6.07) is 13.5. The number of nitrogens with one attached hydrogen (secondary N) is 2. The number of rotatable bonds is 16. The van der Waals surface area contributed by atoms with Crippen molar-refractivity contribution >= 4 is 35.1 Å². The molecule has 5 heterocycles. The second kappa shape index (κ2) is 18.8. The van der Waals surface area contributed by atoms with E-state index in [4.69, 9.17) is 9.72 Å². The largest absolute Gasteiger partial charge is 0.368 e. The number of carbonyl (C=O) groups excluding carboxylic acids is 4. The lowest BCUT2D eigenvalue weighted by Gasteiger charge is -2.32. The SMILES string of the molecule is O=C1CCC(OCCc2ccc(C3CCN(C(=O)CCCCCCCNC(=O)c4cnn5ccc(N6CCC[C@@H]6c6cc(F)ccc6F)nc45)CC3)cc2)C(=O)N1. The monoisotopic (exact) mass is 783 g/mol. The minimum Gasteiger partial charge on any atom is -0.368 e. The average molecular weight is 784 g/mol. The van der Waals surface area contributed by atoms with E-state index in [2.05, 4.69) is 40.0 Å². The number of hydrogen-bond acceptors (Lipinski definition) is 8. The molecule has 4 aromatic rings. The van der Waals surface area contributed by atoms with E-state index in [1.165, 1.54) is 17.8 Å². The Balaban J connectivity index is 0.765. The molecule has 302 valence electrons. The normalized spacial score (nSPS) is 19.0.